The highest BCUT2D eigenvalue weighted by atomic mass is 16.5. The van der Waals surface area contributed by atoms with Crippen molar-refractivity contribution in [1.29, 1.82) is 15.8 Å². The Morgan fingerprint density at radius 2 is 1.74 bits per heavy atom. The van der Waals surface area contributed by atoms with E-state index in [-0.39, 0.29) is 17.7 Å². The predicted molar refractivity (Wildman–Crippen MR) is 116 cm³/mol. The Hall–Kier alpha value is -4.09. The van der Waals surface area contributed by atoms with E-state index in [0.717, 1.165) is 5.69 Å². The van der Waals surface area contributed by atoms with E-state index in [4.69, 9.17) is 15.3 Å². The van der Waals surface area contributed by atoms with E-state index >= 15 is 0 Å². The second-order valence-electron chi connectivity index (χ2n) is 6.77. The first kappa shape index (κ1) is 24.9. The Bertz CT molecular complexity index is 927. The summed E-state index contributed by atoms with van der Waals surface area (Å²) in [7, 11) is 0. The van der Waals surface area contributed by atoms with Crippen molar-refractivity contribution in [3.8, 4) is 18.2 Å². The van der Waals surface area contributed by atoms with E-state index in [9.17, 15) is 14.9 Å². The number of carbonyl (C=O) groups excluding carboxylic acids is 2. The van der Waals surface area contributed by atoms with Crippen LogP contribution in [0.4, 0.5) is 5.69 Å². The van der Waals surface area contributed by atoms with Gasteiger partial charge in [-0.25, -0.2) is 4.79 Å². The quantitative estimate of drug-likeness (QED) is 0.331. The molecule has 1 rings (SSSR count). The van der Waals surface area contributed by atoms with Crippen LogP contribution in [0.25, 0.3) is 6.08 Å². The van der Waals surface area contributed by atoms with Gasteiger partial charge in [0.05, 0.1) is 31.5 Å². The maximum Gasteiger partial charge on any atom is 0.333 e. The summed E-state index contributed by atoms with van der Waals surface area (Å²) >= 11 is 0. The van der Waals surface area contributed by atoms with Gasteiger partial charge in [0.1, 0.15) is 17.7 Å². The van der Waals surface area contributed by atoms with Gasteiger partial charge in [0, 0.05) is 24.4 Å². The van der Waals surface area contributed by atoms with Crippen LogP contribution in [0, 0.1) is 34.0 Å². The third kappa shape index (κ3) is 8.85. The Kier molecular flexibility index (Phi) is 10.6. The number of hydrogen-bond donors (Lipinski definition) is 1. The van der Waals surface area contributed by atoms with Crippen molar-refractivity contribution in [3.05, 3.63) is 47.6 Å². The van der Waals surface area contributed by atoms with Gasteiger partial charge in [0.2, 0.25) is 0 Å². The third-order valence-electron chi connectivity index (χ3n) is 4.13. The van der Waals surface area contributed by atoms with Crippen LogP contribution in [-0.4, -0.2) is 37.6 Å². The average molecular weight is 419 g/mol. The fraction of sp³-hybridized carbons (Fsp3) is 0.348. The maximum atomic E-state index is 12.3. The van der Waals surface area contributed by atoms with Gasteiger partial charge >= 0.3 is 5.97 Å². The van der Waals surface area contributed by atoms with Gasteiger partial charge in [-0.15, -0.1) is 0 Å². The highest BCUT2D eigenvalue weighted by molar-refractivity contribution is 6.01. The van der Waals surface area contributed by atoms with E-state index < -0.39 is 18.0 Å². The molecule has 0 bridgehead atoms. The number of carbonyl (C=O) groups is 2. The van der Waals surface area contributed by atoms with Crippen LogP contribution in [0.1, 0.15) is 32.3 Å². The van der Waals surface area contributed by atoms with Gasteiger partial charge in [-0.2, -0.15) is 15.8 Å². The fourth-order valence-electron chi connectivity index (χ4n) is 2.49. The standard InChI is InChI=1S/C23H25N5O3/c1-17(2)23(30)31-18(3)16-27-22(29)20(15-26)14-19-6-8-21(9-7-19)28(12-4-10-24)13-5-11-25/h6-9,14,18H,1,4-5,12-13,16H2,2-3H3,(H,27,29)/b20-14+. The first-order valence-electron chi connectivity index (χ1n) is 9.67. The van der Waals surface area contributed by atoms with E-state index in [0.29, 0.717) is 31.5 Å². The monoisotopic (exact) mass is 419 g/mol. The molecule has 0 aromatic heterocycles. The summed E-state index contributed by atoms with van der Waals surface area (Å²) < 4.78 is 5.08. The zero-order valence-corrected chi connectivity index (χ0v) is 17.7. The molecule has 1 N–H and O–H groups in total. The van der Waals surface area contributed by atoms with Crippen LogP contribution in [0.2, 0.25) is 0 Å². The topological polar surface area (TPSA) is 130 Å². The second-order valence-corrected chi connectivity index (χ2v) is 6.77. The molecule has 0 aliphatic heterocycles. The van der Waals surface area contributed by atoms with Gasteiger partial charge < -0.3 is 15.0 Å². The molecule has 0 saturated heterocycles. The average Bonchev–Trinajstić information content (AvgIpc) is 2.76. The minimum atomic E-state index is -0.575. The molecule has 0 radical (unpaired) electrons. The van der Waals surface area contributed by atoms with Crippen molar-refractivity contribution in [2.24, 2.45) is 0 Å². The molecule has 1 amide bonds. The summed E-state index contributed by atoms with van der Waals surface area (Å²) in [4.78, 5) is 25.7. The number of anilines is 1. The molecule has 0 spiro atoms. The number of benzene rings is 1. The van der Waals surface area contributed by atoms with Crippen LogP contribution >= 0.6 is 0 Å². The molecule has 1 unspecified atom stereocenters. The first-order chi connectivity index (χ1) is 14.8. The van der Waals surface area contributed by atoms with Crippen LogP contribution < -0.4 is 10.2 Å². The van der Waals surface area contributed by atoms with Gasteiger partial charge in [-0.1, -0.05) is 18.7 Å². The van der Waals surface area contributed by atoms with Gasteiger partial charge in [0.25, 0.3) is 5.91 Å². The number of nitriles is 3. The first-order valence-corrected chi connectivity index (χ1v) is 9.67. The summed E-state index contributed by atoms with van der Waals surface area (Å²) in [6.45, 7) is 7.72. The molecule has 0 fully saturated rings. The van der Waals surface area contributed by atoms with E-state index in [1.807, 2.05) is 23.1 Å². The Balaban J connectivity index is 2.81. The smallest absolute Gasteiger partial charge is 0.333 e. The molecule has 0 heterocycles. The molecular formula is C23H25N5O3. The molecule has 8 heteroatoms. The molecule has 0 saturated carbocycles. The minimum absolute atomic E-state index is 0.0581. The predicted octanol–water partition coefficient (Wildman–Crippen LogP) is 2.85. The Morgan fingerprint density at radius 3 is 2.23 bits per heavy atom. The maximum absolute atomic E-state index is 12.3. The van der Waals surface area contributed by atoms with Crippen molar-refractivity contribution in [3.63, 3.8) is 0 Å². The lowest BCUT2D eigenvalue weighted by atomic mass is 10.1. The SMILES string of the molecule is C=C(C)C(=O)OC(C)CNC(=O)/C(C#N)=C/c1ccc(N(CCC#N)CCC#N)cc1. The Morgan fingerprint density at radius 1 is 1.16 bits per heavy atom. The van der Waals surface area contributed by atoms with Crippen molar-refractivity contribution in [1.82, 2.24) is 5.32 Å². The van der Waals surface area contributed by atoms with Gasteiger partial charge in [-0.3, -0.25) is 4.79 Å². The number of nitrogens with zero attached hydrogens (tertiary/aromatic N) is 4. The largest absolute Gasteiger partial charge is 0.457 e. The third-order valence-corrected chi connectivity index (χ3v) is 4.13. The Labute approximate surface area is 182 Å². The molecule has 0 aliphatic carbocycles. The number of amides is 1. The lowest BCUT2D eigenvalue weighted by Crippen LogP contribution is -2.34. The summed E-state index contributed by atoms with van der Waals surface area (Å²) in [6, 6.07) is 13.2. The highest BCUT2D eigenvalue weighted by Crippen LogP contribution is 2.18. The summed E-state index contributed by atoms with van der Waals surface area (Å²) in [5.41, 5.74) is 1.67. The van der Waals surface area contributed by atoms with Crippen LogP contribution in [0.5, 0.6) is 0 Å². The molecule has 1 aromatic carbocycles. The van der Waals surface area contributed by atoms with Crippen molar-refractivity contribution < 1.29 is 14.3 Å². The number of esters is 1. The number of ether oxygens (including phenoxy) is 1. The minimum Gasteiger partial charge on any atom is -0.457 e. The zero-order chi connectivity index (χ0) is 23.2. The summed E-state index contributed by atoms with van der Waals surface area (Å²) in [5.74, 6) is -1.12. The molecule has 31 heavy (non-hydrogen) atoms. The molecular weight excluding hydrogens is 394 g/mol. The van der Waals surface area contributed by atoms with Gasteiger partial charge in [-0.05, 0) is 37.6 Å². The summed E-state index contributed by atoms with van der Waals surface area (Å²) in [6.07, 6.45) is 1.57. The number of nitrogens with one attached hydrogen (secondary N) is 1. The van der Waals surface area contributed by atoms with Crippen molar-refractivity contribution in [2.75, 3.05) is 24.5 Å². The molecule has 1 atom stereocenters. The van der Waals surface area contributed by atoms with E-state index in [2.05, 4.69) is 24.0 Å². The highest BCUT2D eigenvalue weighted by Gasteiger charge is 2.14. The second kappa shape index (κ2) is 13.2. The van der Waals surface area contributed by atoms with Gasteiger partial charge in [0.15, 0.2) is 0 Å². The fourth-order valence-corrected chi connectivity index (χ4v) is 2.49. The molecule has 0 aliphatic rings. The zero-order valence-electron chi connectivity index (χ0n) is 17.7. The number of rotatable bonds is 11. The molecule has 160 valence electrons. The van der Waals surface area contributed by atoms with Crippen molar-refractivity contribution >= 4 is 23.6 Å². The van der Waals surface area contributed by atoms with E-state index in [1.165, 1.54) is 13.0 Å². The van der Waals surface area contributed by atoms with Crippen LogP contribution in [-0.2, 0) is 14.3 Å². The lowest BCUT2D eigenvalue weighted by molar-refractivity contribution is -0.143. The summed E-state index contributed by atoms with van der Waals surface area (Å²) in [5, 5.41) is 29.5. The van der Waals surface area contributed by atoms with Crippen molar-refractivity contribution in [2.45, 2.75) is 32.8 Å². The lowest BCUT2D eigenvalue weighted by Gasteiger charge is -2.22. The normalized spacial score (nSPS) is 11.3. The number of hydrogen-bond acceptors (Lipinski definition) is 7. The molecule has 8 nitrogen and oxygen atoms in total. The van der Waals surface area contributed by atoms with E-state index in [1.54, 1.807) is 19.1 Å². The van der Waals surface area contributed by atoms with Crippen LogP contribution in [0.15, 0.2) is 42.0 Å². The van der Waals surface area contributed by atoms with Crippen LogP contribution in [0.3, 0.4) is 0 Å². The molecule has 1 aromatic rings.